The molecular weight excluding hydrogens is 1240 g/mol. The van der Waals surface area contributed by atoms with Gasteiger partial charge in [-0.05, 0) is 89.9 Å². The molecule has 94 heavy (non-hydrogen) atoms. The number of guanidine groups is 6. The molecule has 0 unspecified atom stereocenters. The normalized spacial score (nSPS) is 16.7. The maximum atomic E-state index is 14.6. The number of ether oxygens (including phenoxy) is 1. The molecule has 2 aromatic heterocycles. The minimum atomic E-state index is -1.61. The van der Waals surface area contributed by atoms with E-state index in [1.165, 1.54) is 17.2 Å². The predicted octanol–water partition coefficient (Wildman–Crippen LogP) is -9.98. The predicted molar refractivity (Wildman–Crippen MR) is 346 cm³/mol. The van der Waals surface area contributed by atoms with Crippen LogP contribution in [-0.4, -0.2) is 218 Å². The van der Waals surface area contributed by atoms with Crippen LogP contribution in [0.4, 0.5) is 5.82 Å². The third kappa shape index (κ3) is 28.8. The first-order chi connectivity index (χ1) is 44.6. The lowest BCUT2D eigenvalue weighted by Crippen LogP contribution is -2.59. The van der Waals surface area contributed by atoms with E-state index in [2.05, 4.69) is 82.1 Å². The van der Waals surface area contributed by atoms with Crippen LogP contribution < -0.4 is 112 Å². The van der Waals surface area contributed by atoms with Gasteiger partial charge in [-0.15, -0.1) is 0 Å². The number of carboxylic acids is 1. The monoisotopic (exact) mass is 1330 g/mol. The summed E-state index contributed by atoms with van der Waals surface area (Å²) in [6.45, 7) is 0.132. The minimum Gasteiger partial charge on any atom is -0.480 e. The van der Waals surface area contributed by atoms with Gasteiger partial charge < -0.3 is 132 Å². The van der Waals surface area contributed by atoms with Gasteiger partial charge in [0.25, 0.3) is 5.91 Å². The van der Waals surface area contributed by atoms with Gasteiger partial charge in [0.2, 0.25) is 35.4 Å². The molecule has 10 atom stereocenters. The van der Waals surface area contributed by atoms with Crippen molar-refractivity contribution in [3.8, 4) is 0 Å². The molecule has 42 heteroatoms. The van der Waals surface area contributed by atoms with E-state index in [1.54, 1.807) is 0 Å². The number of amides is 7. The first-order valence-electron chi connectivity index (χ1n) is 30.2. The number of aliphatic hydroxyl groups excluding tert-OH is 2. The highest BCUT2D eigenvalue weighted by atomic mass is 16.6. The molecule has 0 spiro atoms. The zero-order valence-electron chi connectivity index (χ0n) is 52.2. The van der Waals surface area contributed by atoms with Crippen molar-refractivity contribution in [2.45, 2.75) is 164 Å². The number of carbonyl (C=O) groups excluding carboxylic acids is 7. The molecule has 0 saturated carbocycles. The number of imidazole rings is 1. The highest BCUT2D eigenvalue weighted by Crippen LogP contribution is 2.32. The Morgan fingerprint density at radius 2 is 0.819 bits per heavy atom. The molecule has 2 aromatic rings. The summed E-state index contributed by atoms with van der Waals surface area (Å²) in [5, 5.41) is 49.9. The molecule has 0 aliphatic carbocycles. The van der Waals surface area contributed by atoms with Gasteiger partial charge in [0.15, 0.2) is 59.6 Å². The second-order valence-electron chi connectivity index (χ2n) is 21.6. The van der Waals surface area contributed by atoms with Crippen molar-refractivity contribution in [2.75, 3.05) is 51.5 Å². The van der Waals surface area contributed by atoms with Gasteiger partial charge in [-0.2, -0.15) is 0 Å². The van der Waals surface area contributed by atoms with Crippen LogP contribution in [0.25, 0.3) is 11.2 Å². The highest BCUT2D eigenvalue weighted by molar-refractivity contribution is 5.97. The van der Waals surface area contributed by atoms with E-state index in [9.17, 15) is 53.7 Å². The number of hydrogen-bond acceptors (Lipinski definition) is 21. The molecular formula is C52H94N30O12. The fourth-order valence-electron chi connectivity index (χ4n) is 9.31. The summed E-state index contributed by atoms with van der Waals surface area (Å²) in [5.74, 6) is -8.60. The average Bonchev–Trinajstić information content (AvgIpc) is 1.62. The molecule has 42 nitrogen and oxygen atoms in total. The number of nitrogens with one attached hydrogen (secondary N) is 7. The highest BCUT2D eigenvalue weighted by Gasteiger charge is 2.48. The first kappa shape index (κ1) is 77.9. The maximum Gasteiger partial charge on any atom is 0.326 e. The topological polar surface area (TPSA) is 747 Å². The number of aromatic nitrogens is 4. The van der Waals surface area contributed by atoms with Gasteiger partial charge >= 0.3 is 5.97 Å². The SMILES string of the molecule is NC(N)=NCCC[C@H](NC(=O)[C@H](CCCN=C(N)N)NC(=O)[C@H](CCCN=C(N)N)NC(=O)[C@H](CCCN=C(N)N)NC(=O)[C@H](CCCN=C(N)N)NC(=O)[C@H](CCCN=C(N)N)NC(=O)CCCCCNC(=O)[C@H]1O[C@@H](n2cnc3c(N)ncnc32)[C@H](O)[C@@H]1O)C(=O)O. The summed E-state index contributed by atoms with van der Waals surface area (Å²) < 4.78 is 7.08. The number of nitrogens with zero attached hydrogens (tertiary/aromatic N) is 10. The Labute approximate surface area is 540 Å². The van der Waals surface area contributed by atoms with Gasteiger partial charge in [0.05, 0.1) is 6.33 Å². The molecule has 3 rings (SSSR count). The molecule has 7 amide bonds. The number of carboxylic acid groups (broad SMARTS) is 1. The van der Waals surface area contributed by atoms with Crippen LogP contribution in [-0.2, 0) is 43.1 Å². The summed E-state index contributed by atoms with van der Waals surface area (Å²) in [6.07, 6.45) is -2.51. The summed E-state index contributed by atoms with van der Waals surface area (Å²) in [4.78, 5) is 146. The van der Waals surface area contributed by atoms with E-state index in [0.29, 0.717) is 12.8 Å². The van der Waals surface area contributed by atoms with Crippen LogP contribution in [0.3, 0.4) is 0 Å². The number of rotatable bonds is 44. The van der Waals surface area contributed by atoms with E-state index < -0.39 is 108 Å². The lowest BCUT2D eigenvalue weighted by atomic mass is 10.0. The number of aliphatic hydroxyl groups is 2. The molecule has 524 valence electrons. The zero-order valence-corrected chi connectivity index (χ0v) is 52.2. The molecule has 1 fully saturated rings. The van der Waals surface area contributed by atoms with Crippen LogP contribution in [0.15, 0.2) is 42.6 Å². The molecule has 1 saturated heterocycles. The fourth-order valence-corrected chi connectivity index (χ4v) is 9.31. The number of hydrogen-bond donors (Lipinski definition) is 23. The van der Waals surface area contributed by atoms with Gasteiger partial charge in [0.1, 0.15) is 60.3 Å². The van der Waals surface area contributed by atoms with Crippen molar-refractivity contribution in [3.63, 3.8) is 0 Å². The van der Waals surface area contributed by atoms with Gasteiger partial charge in [-0.1, -0.05) is 6.42 Å². The van der Waals surface area contributed by atoms with E-state index >= 15 is 0 Å². The van der Waals surface area contributed by atoms with Gasteiger partial charge in [0, 0.05) is 52.2 Å². The number of aliphatic carboxylic acids is 1. The van der Waals surface area contributed by atoms with E-state index in [-0.39, 0.29) is 188 Å². The van der Waals surface area contributed by atoms with Gasteiger partial charge in [-0.3, -0.25) is 68.1 Å². The number of anilines is 1. The van der Waals surface area contributed by atoms with Crippen LogP contribution in [0.1, 0.15) is 109 Å². The van der Waals surface area contributed by atoms with Crippen molar-refractivity contribution in [3.05, 3.63) is 12.7 Å². The number of carbonyl (C=O) groups is 8. The third-order valence-electron chi connectivity index (χ3n) is 14.0. The summed E-state index contributed by atoms with van der Waals surface area (Å²) >= 11 is 0. The summed E-state index contributed by atoms with van der Waals surface area (Å²) in [6, 6.07) is -8.57. The van der Waals surface area contributed by atoms with E-state index in [1.807, 2.05) is 0 Å². The molecule has 1 aliphatic rings. The lowest BCUT2D eigenvalue weighted by Gasteiger charge is -2.27. The second-order valence-corrected chi connectivity index (χ2v) is 21.6. The Morgan fingerprint density at radius 3 is 1.18 bits per heavy atom. The molecule has 3 heterocycles. The van der Waals surface area contributed by atoms with Crippen molar-refractivity contribution < 1.29 is 58.4 Å². The van der Waals surface area contributed by atoms with Gasteiger partial charge in [-0.25, -0.2) is 19.7 Å². The number of fused-ring (bicyclic) bond motifs is 1. The second kappa shape index (κ2) is 41.2. The van der Waals surface area contributed by atoms with Crippen molar-refractivity contribution in [1.29, 1.82) is 0 Å². The average molecular weight is 1330 g/mol. The Hall–Kier alpha value is -10.4. The molecule has 0 aromatic carbocycles. The summed E-state index contributed by atoms with van der Waals surface area (Å²) in [5.41, 5.74) is 72.5. The standard InChI is InChI=1S/C52H94N30O12/c53-37-33-38(74-24-73-37)82(25-75-33)45-35(85)34(84)36(94-45)44(91)66-17-3-1-2-16-32(83)76-26(10-4-18-67-47(54)55)39(86)77-27(11-5-19-68-48(56)57)40(87)78-28(12-6-20-69-49(58)59)41(88)79-29(13-7-21-70-50(60)61)42(89)80-30(14-8-22-71-51(62)63)43(90)81-31(46(92)93)15-9-23-72-52(64)65/h24-31,34-36,45,84-85H,1-23H2,(H,66,91)(H,76,83)(H,77,86)(H,78,87)(H,79,88)(H,80,89)(H,81,90)(H,92,93)(H2,53,73,74)(H4,54,55,67)(H4,56,57,68)(H4,58,59,69)(H4,60,61,70)(H4,62,63,71)(H4,64,65,72)/t26-,27-,28-,29-,30-,31-,34-,35+,36-,45+/m0/s1. The van der Waals surface area contributed by atoms with Crippen molar-refractivity contribution >= 4 is 100 Å². The quantitative estimate of drug-likeness (QED) is 0.0166. The molecule has 1 aliphatic heterocycles. The Morgan fingerprint density at radius 1 is 0.468 bits per heavy atom. The molecule has 36 N–H and O–H groups in total. The largest absolute Gasteiger partial charge is 0.480 e. The molecule has 0 radical (unpaired) electrons. The van der Waals surface area contributed by atoms with E-state index in [4.69, 9.17) is 79.3 Å². The lowest BCUT2D eigenvalue weighted by molar-refractivity contribution is -0.142. The Balaban J connectivity index is 1.84. The van der Waals surface area contributed by atoms with Crippen LogP contribution in [0.5, 0.6) is 0 Å². The minimum absolute atomic E-state index is 0.00292. The Kier molecular flexibility index (Phi) is 34.1. The third-order valence-corrected chi connectivity index (χ3v) is 14.0. The fraction of sp³-hybridized carbons (Fsp3) is 0.635. The first-order valence-corrected chi connectivity index (χ1v) is 30.2. The van der Waals surface area contributed by atoms with E-state index in [0.717, 1.165) is 0 Å². The van der Waals surface area contributed by atoms with Crippen LogP contribution in [0, 0.1) is 0 Å². The smallest absolute Gasteiger partial charge is 0.326 e. The zero-order chi connectivity index (χ0) is 69.9. The number of nitrogens with two attached hydrogens (primary N) is 13. The van der Waals surface area contributed by atoms with Crippen LogP contribution in [0.2, 0.25) is 0 Å². The van der Waals surface area contributed by atoms with Crippen LogP contribution >= 0.6 is 0 Å². The number of aliphatic imine (C=N–C) groups is 6. The maximum absolute atomic E-state index is 14.6. The summed E-state index contributed by atoms with van der Waals surface area (Å²) in [7, 11) is 0. The molecule has 0 bridgehead atoms. The van der Waals surface area contributed by atoms with Crippen molar-refractivity contribution in [2.24, 2.45) is 98.8 Å². The Bertz CT molecular complexity index is 2990. The number of unbranched alkanes of at least 4 members (excludes halogenated alkanes) is 2. The number of nitrogen functional groups attached to an aromatic ring is 1. The van der Waals surface area contributed by atoms with Crippen molar-refractivity contribution in [1.82, 2.24) is 56.7 Å².